The maximum absolute atomic E-state index is 13.0. The molecule has 0 atom stereocenters. The Morgan fingerprint density at radius 1 is 1.00 bits per heavy atom. The van der Waals surface area contributed by atoms with Gasteiger partial charge in [-0.25, -0.2) is 4.98 Å². The highest BCUT2D eigenvalue weighted by atomic mass is 16.5. The molecule has 29 heavy (non-hydrogen) atoms. The molecule has 8 nitrogen and oxygen atoms in total. The number of carbonyl (C=O) groups excluding carboxylic acids is 2. The fourth-order valence-electron chi connectivity index (χ4n) is 3.73. The first-order valence-corrected chi connectivity index (χ1v) is 9.64. The van der Waals surface area contributed by atoms with Crippen LogP contribution in [0.4, 0.5) is 11.5 Å². The lowest BCUT2D eigenvalue weighted by atomic mass is 10.1. The second kappa shape index (κ2) is 7.54. The quantitative estimate of drug-likeness (QED) is 0.705. The summed E-state index contributed by atoms with van der Waals surface area (Å²) in [6.45, 7) is 6.37. The minimum atomic E-state index is -0.394. The van der Waals surface area contributed by atoms with Crippen LogP contribution in [0.15, 0.2) is 28.8 Å². The van der Waals surface area contributed by atoms with E-state index in [1.807, 2.05) is 36.6 Å². The van der Waals surface area contributed by atoms with Crippen LogP contribution in [0.2, 0.25) is 0 Å². The Morgan fingerprint density at radius 3 is 2.45 bits per heavy atom. The molecule has 2 N–H and O–H groups in total. The van der Waals surface area contributed by atoms with Crippen molar-refractivity contribution in [3.63, 3.8) is 0 Å². The van der Waals surface area contributed by atoms with Gasteiger partial charge in [0.1, 0.15) is 5.76 Å². The number of imidazole rings is 1. The van der Waals surface area contributed by atoms with Gasteiger partial charge < -0.3 is 19.7 Å². The third-order valence-corrected chi connectivity index (χ3v) is 4.89. The molecule has 1 aromatic carbocycles. The summed E-state index contributed by atoms with van der Waals surface area (Å²) in [5.74, 6) is 0.455. The number of anilines is 2. The molecular weight excluding hydrogens is 370 g/mol. The molecular formula is C21H23N5O3. The molecule has 0 aliphatic carbocycles. The van der Waals surface area contributed by atoms with Crippen molar-refractivity contribution >= 4 is 23.3 Å². The van der Waals surface area contributed by atoms with Gasteiger partial charge in [0.15, 0.2) is 17.3 Å². The first-order chi connectivity index (χ1) is 13.9. The number of hydrogen-bond donors (Lipinski definition) is 2. The van der Waals surface area contributed by atoms with Gasteiger partial charge in [0.25, 0.3) is 11.8 Å². The number of hydrogen-bond acceptors (Lipinski definition) is 5. The van der Waals surface area contributed by atoms with E-state index in [2.05, 4.69) is 20.8 Å². The topological polar surface area (TPSA) is 102 Å². The molecule has 0 bridgehead atoms. The molecule has 1 aliphatic rings. The number of carbonyl (C=O) groups is 2. The lowest BCUT2D eigenvalue weighted by molar-refractivity contribution is 0.101. The van der Waals surface area contributed by atoms with E-state index in [-0.39, 0.29) is 17.4 Å². The zero-order valence-electron chi connectivity index (χ0n) is 16.7. The normalized spacial score (nSPS) is 13.1. The summed E-state index contributed by atoms with van der Waals surface area (Å²) in [5.41, 5.74) is 3.88. The Kier molecular flexibility index (Phi) is 4.92. The van der Waals surface area contributed by atoms with Crippen LogP contribution in [-0.4, -0.2) is 26.5 Å². The molecule has 0 fully saturated rings. The Hall–Kier alpha value is -3.42. The lowest BCUT2D eigenvalue weighted by Crippen LogP contribution is -2.21. The van der Waals surface area contributed by atoms with E-state index < -0.39 is 5.91 Å². The maximum Gasteiger partial charge on any atom is 0.291 e. The van der Waals surface area contributed by atoms with Crippen LogP contribution >= 0.6 is 0 Å². The average molecular weight is 393 g/mol. The van der Waals surface area contributed by atoms with E-state index in [0.29, 0.717) is 30.2 Å². The Balaban J connectivity index is 1.63. The fourth-order valence-corrected chi connectivity index (χ4v) is 3.73. The van der Waals surface area contributed by atoms with Crippen molar-refractivity contribution in [2.45, 2.75) is 46.6 Å². The second-order valence-corrected chi connectivity index (χ2v) is 7.45. The number of aryl methyl sites for hydroxylation is 3. The molecule has 3 aromatic rings. The summed E-state index contributed by atoms with van der Waals surface area (Å²) in [6.07, 6.45) is 2.59. The van der Waals surface area contributed by atoms with Gasteiger partial charge in [-0.05, 0) is 63.3 Å². The van der Waals surface area contributed by atoms with E-state index in [1.165, 1.54) is 0 Å². The van der Waals surface area contributed by atoms with E-state index in [9.17, 15) is 9.59 Å². The van der Waals surface area contributed by atoms with Gasteiger partial charge in [0.05, 0.1) is 5.69 Å². The number of nitrogens with one attached hydrogen (secondary N) is 2. The predicted octanol–water partition coefficient (Wildman–Crippen LogP) is 3.64. The first kappa shape index (κ1) is 18.9. The second-order valence-electron chi connectivity index (χ2n) is 7.45. The SMILES string of the molecule is Cc1cc(C)cc(NC(=O)c2nc(C(=O)Nc3cc(C)on3)c3n2CCCC3)c1. The molecule has 1 aliphatic heterocycles. The summed E-state index contributed by atoms with van der Waals surface area (Å²) in [5, 5.41) is 9.40. The maximum atomic E-state index is 13.0. The van der Waals surface area contributed by atoms with Gasteiger partial charge >= 0.3 is 0 Å². The summed E-state index contributed by atoms with van der Waals surface area (Å²) >= 11 is 0. The number of amides is 2. The van der Waals surface area contributed by atoms with Crippen LogP contribution in [0.5, 0.6) is 0 Å². The molecule has 150 valence electrons. The van der Waals surface area contributed by atoms with Gasteiger partial charge in [0.2, 0.25) is 0 Å². The molecule has 0 saturated carbocycles. The number of rotatable bonds is 4. The number of aromatic nitrogens is 3. The van der Waals surface area contributed by atoms with E-state index >= 15 is 0 Å². The Labute approximate surface area is 168 Å². The van der Waals surface area contributed by atoms with Crippen molar-refractivity contribution in [3.8, 4) is 0 Å². The van der Waals surface area contributed by atoms with Crippen LogP contribution in [0.1, 0.15) is 56.5 Å². The highest BCUT2D eigenvalue weighted by Gasteiger charge is 2.28. The van der Waals surface area contributed by atoms with Crippen molar-refractivity contribution in [2.75, 3.05) is 10.6 Å². The van der Waals surface area contributed by atoms with E-state index in [0.717, 1.165) is 29.7 Å². The smallest absolute Gasteiger partial charge is 0.291 e. The third kappa shape index (κ3) is 3.91. The van der Waals surface area contributed by atoms with Crippen molar-refractivity contribution in [1.82, 2.24) is 14.7 Å². The van der Waals surface area contributed by atoms with Crippen molar-refractivity contribution in [1.29, 1.82) is 0 Å². The first-order valence-electron chi connectivity index (χ1n) is 9.64. The number of fused-ring (bicyclic) bond motifs is 1. The average Bonchev–Trinajstić information content (AvgIpc) is 3.24. The lowest BCUT2D eigenvalue weighted by Gasteiger charge is -2.17. The van der Waals surface area contributed by atoms with Gasteiger partial charge in [-0.15, -0.1) is 0 Å². The summed E-state index contributed by atoms with van der Waals surface area (Å²) in [7, 11) is 0. The molecule has 2 aromatic heterocycles. The van der Waals surface area contributed by atoms with Crippen LogP contribution in [0.25, 0.3) is 0 Å². The van der Waals surface area contributed by atoms with Crippen LogP contribution in [0, 0.1) is 20.8 Å². The standard InChI is InChI=1S/C21H23N5O3/c1-12-8-13(2)10-15(9-12)22-21(28)19-24-18(16-6-4-5-7-26(16)19)20(27)23-17-11-14(3)29-25-17/h8-11H,4-7H2,1-3H3,(H,22,28)(H,23,25,27). The fraction of sp³-hybridized carbons (Fsp3) is 0.333. The van der Waals surface area contributed by atoms with Crippen molar-refractivity contribution < 1.29 is 14.1 Å². The van der Waals surface area contributed by atoms with E-state index in [1.54, 1.807) is 13.0 Å². The third-order valence-electron chi connectivity index (χ3n) is 4.89. The van der Waals surface area contributed by atoms with Gasteiger partial charge in [0, 0.05) is 18.3 Å². The Bertz CT molecular complexity index is 1080. The monoisotopic (exact) mass is 393 g/mol. The molecule has 2 amide bonds. The van der Waals surface area contributed by atoms with Gasteiger partial charge in [-0.2, -0.15) is 0 Å². The number of nitrogens with zero attached hydrogens (tertiary/aromatic N) is 3. The van der Waals surface area contributed by atoms with Crippen LogP contribution < -0.4 is 10.6 Å². The molecule has 0 unspecified atom stereocenters. The molecule has 3 heterocycles. The minimum Gasteiger partial charge on any atom is -0.360 e. The highest BCUT2D eigenvalue weighted by Crippen LogP contribution is 2.23. The Morgan fingerprint density at radius 2 is 1.76 bits per heavy atom. The van der Waals surface area contributed by atoms with Gasteiger partial charge in [-0.1, -0.05) is 11.2 Å². The zero-order valence-corrected chi connectivity index (χ0v) is 16.7. The van der Waals surface area contributed by atoms with Crippen molar-refractivity contribution in [3.05, 3.63) is 58.4 Å². The van der Waals surface area contributed by atoms with Gasteiger partial charge in [-0.3, -0.25) is 9.59 Å². The van der Waals surface area contributed by atoms with Crippen LogP contribution in [0.3, 0.4) is 0 Å². The summed E-state index contributed by atoms with van der Waals surface area (Å²) < 4.78 is 6.84. The predicted molar refractivity (Wildman–Crippen MR) is 108 cm³/mol. The summed E-state index contributed by atoms with van der Waals surface area (Å²) in [6, 6.07) is 7.49. The van der Waals surface area contributed by atoms with Crippen LogP contribution in [-0.2, 0) is 13.0 Å². The zero-order chi connectivity index (χ0) is 20.5. The van der Waals surface area contributed by atoms with Crippen molar-refractivity contribution in [2.24, 2.45) is 0 Å². The molecule has 0 radical (unpaired) electrons. The molecule has 0 spiro atoms. The molecule has 4 rings (SSSR count). The highest BCUT2D eigenvalue weighted by molar-refractivity contribution is 6.06. The molecule has 8 heteroatoms. The summed E-state index contributed by atoms with van der Waals surface area (Å²) in [4.78, 5) is 30.1. The largest absolute Gasteiger partial charge is 0.360 e. The molecule has 0 saturated heterocycles. The van der Waals surface area contributed by atoms with E-state index in [4.69, 9.17) is 4.52 Å². The number of benzene rings is 1. The minimum absolute atomic E-state index is 0.250.